The largest absolute Gasteiger partial charge is 0.462 e. The van der Waals surface area contributed by atoms with Crippen molar-refractivity contribution in [3.05, 3.63) is 0 Å². The second-order valence-corrected chi connectivity index (χ2v) is 27.7. The molecule has 0 heterocycles. The zero-order valence-electron chi connectivity index (χ0n) is 50.9. The number of hydrogen-bond acceptors (Lipinski definition) is 15. The molecule has 458 valence electrons. The summed E-state index contributed by atoms with van der Waals surface area (Å²) in [6.07, 6.45) is 24.1. The Labute approximate surface area is 484 Å². The van der Waals surface area contributed by atoms with Gasteiger partial charge in [0.1, 0.15) is 18.3 Å². The van der Waals surface area contributed by atoms with E-state index in [4.69, 9.17) is 42.6 Å². The van der Waals surface area contributed by atoms with E-state index in [1.54, 1.807) is 0 Å². The normalized spacial score (nSPS) is 40.9. The highest BCUT2D eigenvalue weighted by Crippen LogP contribution is 2.57. The van der Waals surface area contributed by atoms with Crippen LogP contribution in [0.25, 0.3) is 0 Å². The molecule has 81 heavy (non-hydrogen) atoms. The van der Waals surface area contributed by atoms with E-state index in [-0.39, 0.29) is 128 Å². The van der Waals surface area contributed by atoms with E-state index >= 15 is 0 Å². The number of carbonyl (C=O) groups is 6. The average molecular weight is 1140 g/mol. The summed E-state index contributed by atoms with van der Waals surface area (Å²) >= 11 is 0. The first-order chi connectivity index (χ1) is 39.1. The van der Waals surface area contributed by atoms with Gasteiger partial charge in [0.05, 0.1) is 47.7 Å². The van der Waals surface area contributed by atoms with Gasteiger partial charge in [-0.3, -0.25) is 28.8 Å². The molecule has 0 aromatic heterocycles. The lowest BCUT2D eigenvalue weighted by Crippen LogP contribution is -2.49. The van der Waals surface area contributed by atoms with Crippen molar-refractivity contribution in [1.29, 1.82) is 0 Å². The number of fused-ring (bicyclic) bond motifs is 6. The third-order valence-corrected chi connectivity index (χ3v) is 22.7. The molecule has 14 saturated carbocycles. The molecule has 0 radical (unpaired) electrons. The lowest BCUT2D eigenvalue weighted by molar-refractivity contribution is -0.193. The number of carbonyl (C=O) groups excluding carboxylic acids is 6. The molecule has 14 rings (SSSR count). The van der Waals surface area contributed by atoms with Gasteiger partial charge >= 0.3 is 35.8 Å². The van der Waals surface area contributed by atoms with Gasteiger partial charge in [0.2, 0.25) is 0 Å². The molecule has 15 atom stereocenters. The fourth-order valence-electron chi connectivity index (χ4n) is 18.5. The van der Waals surface area contributed by atoms with Gasteiger partial charge in [0.15, 0.2) is 20.4 Å². The van der Waals surface area contributed by atoms with Gasteiger partial charge in [-0.15, -0.1) is 0 Å². The van der Waals surface area contributed by atoms with Gasteiger partial charge in [-0.2, -0.15) is 0 Å². The number of rotatable bonds is 21. The Morgan fingerprint density at radius 1 is 0.358 bits per heavy atom. The first-order valence-corrected chi connectivity index (χ1v) is 33.0. The van der Waals surface area contributed by atoms with Crippen LogP contribution in [0.2, 0.25) is 0 Å². The maximum absolute atomic E-state index is 12.8. The van der Waals surface area contributed by atoms with E-state index in [9.17, 15) is 28.8 Å². The minimum atomic E-state index is -0.208. The summed E-state index contributed by atoms with van der Waals surface area (Å²) in [5, 5.41) is 0. The molecule has 15 nitrogen and oxygen atoms in total. The molecular formula is C66H104O15. The van der Waals surface area contributed by atoms with Crippen molar-refractivity contribution in [2.75, 3.05) is 27.0 Å². The monoisotopic (exact) mass is 1140 g/mol. The highest BCUT2D eigenvalue weighted by atomic mass is 16.7. The molecule has 0 saturated heterocycles. The van der Waals surface area contributed by atoms with Crippen molar-refractivity contribution in [3.63, 3.8) is 0 Å². The third kappa shape index (κ3) is 14.5. The quantitative estimate of drug-likeness (QED) is 0.0457. The van der Waals surface area contributed by atoms with Crippen LogP contribution in [0.1, 0.15) is 204 Å². The predicted molar refractivity (Wildman–Crippen MR) is 301 cm³/mol. The lowest BCUT2D eigenvalue weighted by Gasteiger charge is -2.53. The van der Waals surface area contributed by atoms with E-state index < -0.39 is 0 Å². The van der Waals surface area contributed by atoms with Crippen molar-refractivity contribution < 1.29 is 71.4 Å². The molecule has 14 fully saturated rings. The molecule has 0 aromatic carbocycles. The van der Waals surface area contributed by atoms with Crippen molar-refractivity contribution in [2.24, 2.45) is 118 Å². The number of ether oxygens (including phenoxy) is 9. The fraction of sp³-hybridized carbons (Fsp3) is 0.909. The second kappa shape index (κ2) is 28.3. The van der Waals surface area contributed by atoms with E-state index in [2.05, 4.69) is 0 Å². The van der Waals surface area contributed by atoms with Crippen LogP contribution in [0, 0.1) is 118 Å². The van der Waals surface area contributed by atoms with E-state index in [1.807, 2.05) is 62.3 Å². The molecule has 15 unspecified atom stereocenters. The Hall–Kier alpha value is -3.30. The van der Waals surface area contributed by atoms with Crippen LogP contribution in [-0.4, -0.2) is 93.3 Å². The Kier molecular flexibility index (Phi) is 21.7. The summed E-state index contributed by atoms with van der Waals surface area (Å²) in [6.45, 7) is 18.2. The van der Waals surface area contributed by atoms with Gasteiger partial charge in [0, 0.05) is 24.4 Å². The van der Waals surface area contributed by atoms with E-state index in [1.165, 1.54) is 64.2 Å². The molecule has 14 bridgehead atoms. The van der Waals surface area contributed by atoms with Crippen LogP contribution in [-0.2, 0) is 71.4 Å². The summed E-state index contributed by atoms with van der Waals surface area (Å²) in [6, 6.07) is 0. The molecule has 0 spiro atoms. The first-order valence-electron chi connectivity index (χ1n) is 33.0. The maximum atomic E-state index is 12.8. The minimum absolute atomic E-state index is 0.0144. The summed E-state index contributed by atoms with van der Waals surface area (Å²) in [5.41, 5.74) is 0. The van der Waals surface area contributed by atoms with E-state index in [0.29, 0.717) is 60.2 Å². The Morgan fingerprint density at radius 3 is 0.889 bits per heavy atom. The van der Waals surface area contributed by atoms with E-state index in [0.717, 1.165) is 101 Å². The van der Waals surface area contributed by atoms with Crippen LogP contribution in [0.5, 0.6) is 0 Å². The molecule has 0 aromatic rings. The molecule has 15 heteroatoms. The SMILES string of the molecule is CC.CCC(C)C(=O)OC1CC2CC(C(=O)OCOC3C4CC5CC(C4)CC3C5)C1C2.CCC(C)C(=O)OC1CC2CC(C(=O)OCOC3C4CC5CC(C4)CC3C5)C1C2.CCOCOC(=O)C1CC2CC(OC(=O)C(C)CC)C1C2. The summed E-state index contributed by atoms with van der Waals surface area (Å²) in [7, 11) is 0. The maximum Gasteiger partial charge on any atom is 0.311 e. The Balaban J connectivity index is 0.000000147. The van der Waals surface area contributed by atoms with Gasteiger partial charge in [-0.1, -0.05) is 55.4 Å². The van der Waals surface area contributed by atoms with Crippen LogP contribution in [0.15, 0.2) is 0 Å². The summed E-state index contributed by atoms with van der Waals surface area (Å²) in [5.74, 6) is 6.69. The van der Waals surface area contributed by atoms with Crippen molar-refractivity contribution >= 4 is 35.8 Å². The third-order valence-electron chi connectivity index (χ3n) is 22.7. The summed E-state index contributed by atoms with van der Waals surface area (Å²) in [4.78, 5) is 73.9. The van der Waals surface area contributed by atoms with Crippen molar-refractivity contribution in [1.82, 2.24) is 0 Å². The molecule has 0 amide bonds. The van der Waals surface area contributed by atoms with Crippen molar-refractivity contribution in [2.45, 2.75) is 234 Å². The van der Waals surface area contributed by atoms with Gasteiger partial charge in [0.25, 0.3) is 0 Å². The fourth-order valence-corrected chi connectivity index (χ4v) is 18.5. The minimum Gasteiger partial charge on any atom is -0.462 e. The van der Waals surface area contributed by atoms with Crippen LogP contribution in [0.4, 0.5) is 0 Å². The number of esters is 6. The smallest absolute Gasteiger partial charge is 0.311 e. The van der Waals surface area contributed by atoms with Crippen LogP contribution < -0.4 is 0 Å². The highest BCUT2D eigenvalue weighted by Gasteiger charge is 2.55. The average Bonchev–Trinajstić information content (AvgIpc) is 4.45. The standard InChI is InChI=1S/2C24H36O5.C16H26O5.C2H6/c2*1-3-13(2)23(25)29-21-11-16-9-19(21)20(10-16)24(26)28-12-27-22-17-5-14-4-15(7-17)8-18(22)6-14;1-4-10(3)15(17)21-14-8-11-6-12(14)13(7-11)16(18)20-9-19-5-2;1-2/h2*13-22H,3-12H2,1-2H3;10-14H,4-9H2,1-3H3;1-2H3. The Bertz CT molecular complexity index is 1960. The van der Waals surface area contributed by atoms with Crippen LogP contribution >= 0.6 is 0 Å². The first kappa shape index (κ1) is 62.2. The predicted octanol–water partition coefficient (Wildman–Crippen LogP) is 12.2. The molecule has 14 aliphatic carbocycles. The molecule has 14 aliphatic rings. The van der Waals surface area contributed by atoms with Gasteiger partial charge in [-0.05, 0) is 213 Å². The highest BCUT2D eigenvalue weighted by molar-refractivity contribution is 5.76. The topological polar surface area (TPSA) is 185 Å². The molecule has 0 aliphatic heterocycles. The Morgan fingerprint density at radius 2 is 0.630 bits per heavy atom. The van der Waals surface area contributed by atoms with Crippen molar-refractivity contribution in [3.8, 4) is 0 Å². The second-order valence-electron chi connectivity index (χ2n) is 27.7. The number of hydrogen-bond donors (Lipinski definition) is 0. The van der Waals surface area contributed by atoms with Crippen LogP contribution in [0.3, 0.4) is 0 Å². The summed E-state index contributed by atoms with van der Waals surface area (Å²) < 4.78 is 50.8. The molecular weight excluding hydrogens is 1030 g/mol. The molecule has 0 N–H and O–H groups in total. The van der Waals surface area contributed by atoms with Gasteiger partial charge < -0.3 is 42.6 Å². The zero-order chi connectivity index (χ0) is 57.6. The van der Waals surface area contributed by atoms with Gasteiger partial charge in [-0.25, -0.2) is 0 Å². The zero-order valence-corrected chi connectivity index (χ0v) is 50.9. The lowest BCUT2D eigenvalue weighted by atomic mass is 9.55.